The number of hydrogen-bond donors (Lipinski definition) is 1. The Kier molecular flexibility index (Phi) is 5.73. The lowest BCUT2D eigenvalue weighted by atomic mass is 10.0. The molecule has 0 aromatic heterocycles. The molecule has 25 heavy (non-hydrogen) atoms. The van der Waals surface area contributed by atoms with Crippen molar-refractivity contribution in [1.82, 2.24) is 10.2 Å². The van der Waals surface area contributed by atoms with Crippen molar-refractivity contribution in [3.8, 4) is 0 Å². The van der Waals surface area contributed by atoms with Gasteiger partial charge in [0.25, 0.3) is 5.91 Å². The van der Waals surface area contributed by atoms with Crippen molar-refractivity contribution in [3.63, 3.8) is 0 Å². The van der Waals surface area contributed by atoms with Crippen molar-refractivity contribution in [2.24, 2.45) is 0 Å². The number of nitrogens with zero attached hydrogens (tertiary/aromatic N) is 1. The Hall–Kier alpha value is -2.31. The van der Waals surface area contributed by atoms with E-state index in [9.17, 15) is 13.6 Å². The molecule has 1 N–H and O–H groups in total. The second-order valence-electron chi connectivity index (χ2n) is 5.91. The molecule has 3 rings (SSSR count). The molecular formula is C19H20F2N2O2. The first-order valence-electron chi connectivity index (χ1n) is 8.25. The standard InChI is InChI=1S/C19H20F2N2O2/c20-15-5-3-4-14(12-15)18(23-8-10-25-11-9-23)13-22-19(24)16-6-1-2-7-17(16)21/h1-7,12,18H,8-11,13H2,(H,22,24). The molecule has 0 bridgehead atoms. The van der Waals surface area contributed by atoms with Crippen molar-refractivity contribution >= 4 is 5.91 Å². The minimum absolute atomic E-state index is 0.00229. The van der Waals surface area contributed by atoms with Crippen LogP contribution < -0.4 is 5.32 Å². The van der Waals surface area contributed by atoms with Gasteiger partial charge in [-0.3, -0.25) is 9.69 Å². The molecule has 1 aliphatic rings. The van der Waals surface area contributed by atoms with Crippen LogP contribution in [0.4, 0.5) is 8.78 Å². The lowest BCUT2D eigenvalue weighted by Gasteiger charge is -2.35. The van der Waals surface area contributed by atoms with Crippen LogP contribution in [0.25, 0.3) is 0 Å². The number of hydrogen-bond acceptors (Lipinski definition) is 3. The van der Waals surface area contributed by atoms with E-state index in [1.807, 2.05) is 6.07 Å². The van der Waals surface area contributed by atoms with E-state index >= 15 is 0 Å². The van der Waals surface area contributed by atoms with Gasteiger partial charge in [-0.2, -0.15) is 0 Å². The second kappa shape index (κ2) is 8.18. The molecule has 0 aliphatic carbocycles. The van der Waals surface area contributed by atoms with Crippen molar-refractivity contribution in [1.29, 1.82) is 0 Å². The highest BCUT2D eigenvalue weighted by atomic mass is 19.1. The lowest BCUT2D eigenvalue weighted by Crippen LogP contribution is -2.44. The maximum Gasteiger partial charge on any atom is 0.254 e. The topological polar surface area (TPSA) is 41.6 Å². The van der Waals surface area contributed by atoms with Gasteiger partial charge in [0.1, 0.15) is 11.6 Å². The van der Waals surface area contributed by atoms with Gasteiger partial charge >= 0.3 is 0 Å². The first kappa shape index (κ1) is 17.5. The molecule has 0 radical (unpaired) electrons. The van der Waals surface area contributed by atoms with Gasteiger partial charge in [0, 0.05) is 19.6 Å². The average molecular weight is 346 g/mol. The number of benzene rings is 2. The van der Waals surface area contributed by atoms with E-state index in [0.717, 1.165) is 5.56 Å². The summed E-state index contributed by atoms with van der Waals surface area (Å²) in [5.41, 5.74) is 0.776. The summed E-state index contributed by atoms with van der Waals surface area (Å²) in [6.07, 6.45) is 0. The summed E-state index contributed by atoms with van der Waals surface area (Å²) in [6.45, 7) is 2.82. The molecule has 1 aliphatic heterocycles. The molecule has 1 saturated heterocycles. The van der Waals surface area contributed by atoms with E-state index in [1.165, 1.54) is 30.3 Å². The van der Waals surface area contributed by atoms with Crippen molar-refractivity contribution in [2.45, 2.75) is 6.04 Å². The molecule has 0 spiro atoms. The van der Waals surface area contributed by atoms with Crippen LogP contribution in [0.2, 0.25) is 0 Å². The van der Waals surface area contributed by atoms with Gasteiger partial charge in [-0.25, -0.2) is 8.78 Å². The lowest BCUT2D eigenvalue weighted by molar-refractivity contribution is 0.0161. The molecule has 6 heteroatoms. The third kappa shape index (κ3) is 4.41. The minimum atomic E-state index is -0.561. The van der Waals surface area contributed by atoms with Gasteiger partial charge in [0.2, 0.25) is 0 Å². The Morgan fingerprint density at radius 1 is 1.12 bits per heavy atom. The van der Waals surface area contributed by atoms with Crippen molar-refractivity contribution in [3.05, 3.63) is 71.3 Å². The van der Waals surface area contributed by atoms with E-state index in [2.05, 4.69) is 10.2 Å². The van der Waals surface area contributed by atoms with Crippen LogP contribution in [0.5, 0.6) is 0 Å². The van der Waals surface area contributed by atoms with E-state index in [1.54, 1.807) is 12.1 Å². The highest BCUT2D eigenvalue weighted by molar-refractivity contribution is 5.94. The zero-order valence-electron chi connectivity index (χ0n) is 13.8. The van der Waals surface area contributed by atoms with Gasteiger partial charge < -0.3 is 10.1 Å². The summed E-state index contributed by atoms with van der Waals surface area (Å²) in [5, 5.41) is 2.77. The van der Waals surface area contributed by atoms with Crippen LogP contribution >= 0.6 is 0 Å². The van der Waals surface area contributed by atoms with Gasteiger partial charge in [-0.05, 0) is 29.8 Å². The number of carbonyl (C=O) groups excluding carboxylic acids is 1. The third-order valence-corrected chi connectivity index (χ3v) is 4.29. The molecule has 2 aromatic carbocycles. The normalized spacial score (nSPS) is 16.4. The quantitative estimate of drug-likeness (QED) is 0.905. The Morgan fingerprint density at radius 3 is 2.60 bits per heavy atom. The number of halogens is 2. The molecule has 0 saturated carbocycles. The van der Waals surface area contributed by atoms with E-state index in [-0.39, 0.29) is 24.0 Å². The number of amides is 1. The van der Waals surface area contributed by atoms with E-state index in [4.69, 9.17) is 4.74 Å². The predicted molar refractivity (Wildman–Crippen MR) is 90.3 cm³/mol. The monoisotopic (exact) mass is 346 g/mol. The second-order valence-corrected chi connectivity index (χ2v) is 5.91. The van der Waals surface area contributed by atoms with Crippen molar-refractivity contribution < 1.29 is 18.3 Å². The zero-order valence-corrected chi connectivity index (χ0v) is 13.8. The summed E-state index contributed by atoms with van der Waals surface area (Å²) in [6, 6.07) is 12.0. The van der Waals surface area contributed by atoms with Crippen LogP contribution in [-0.2, 0) is 4.74 Å². The fourth-order valence-electron chi connectivity index (χ4n) is 2.99. The van der Waals surface area contributed by atoms with E-state index < -0.39 is 11.7 Å². The molecule has 1 fully saturated rings. The highest BCUT2D eigenvalue weighted by Crippen LogP contribution is 2.22. The Labute approximate surface area is 145 Å². The third-order valence-electron chi connectivity index (χ3n) is 4.29. The molecule has 4 nitrogen and oxygen atoms in total. The van der Waals surface area contributed by atoms with Crippen molar-refractivity contribution in [2.75, 3.05) is 32.8 Å². The largest absolute Gasteiger partial charge is 0.379 e. The van der Waals surface area contributed by atoms with Crippen LogP contribution in [0.15, 0.2) is 48.5 Å². The first-order valence-corrected chi connectivity index (χ1v) is 8.25. The Bertz CT molecular complexity index is 733. The minimum Gasteiger partial charge on any atom is -0.379 e. The fraction of sp³-hybridized carbons (Fsp3) is 0.316. The summed E-state index contributed by atoms with van der Waals surface area (Å²) >= 11 is 0. The number of ether oxygens (including phenoxy) is 1. The van der Waals surface area contributed by atoms with Crippen LogP contribution in [0.3, 0.4) is 0 Å². The number of nitrogens with one attached hydrogen (secondary N) is 1. The van der Waals surface area contributed by atoms with Gasteiger partial charge in [-0.15, -0.1) is 0 Å². The van der Waals surface area contributed by atoms with E-state index in [0.29, 0.717) is 26.3 Å². The zero-order chi connectivity index (χ0) is 17.6. The summed E-state index contributed by atoms with van der Waals surface area (Å²) in [5.74, 6) is -1.36. The van der Waals surface area contributed by atoms with Crippen LogP contribution in [0.1, 0.15) is 22.0 Å². The molecular weight excluding hydrogens is 326 g/mol. The smallest absolute Gasteiger partial charge is 0.254 e. The summed E-state index contributed by atoms with van der Waals surface area (Å²) in [4.78, 5) is 14.4. The maximum absolute atomic E-state index is 13.8. The Balaban J connectivity index is 1.75. The number of carbonyl (C=O) groups is 1. The maximum atomic E-state index is 13.8. The Morgan fingerprint density at radius 2 is 1.88 bits per heavy atom. The van der Waals surface area contributed by atoms with Gasteiger partial charge in [-0.1, -0.05) is 24.3 Å². The molecule has 1 unspecified atom stereocenters. The van der Waals surface area contributed by atoms with Gasteiger partial charge in [0.15, 0.2) is 0 Å². The molecule has 2 aromatic rings. The predicted octanol–water partition coefficient (Wildman–Crippen LogP) is 2.77. The fourth-order valence-corrected chi connectivity index (χ4v) is 2.99. The number of morpholine rings is 1. The summed E-state index contributed by atoms with van der Waals surface area (Å²) in [7, 11) is 0. The molecule has 1 amide bonds. The molecule has 1 atom stereocenters. The molecule has 132 valence electrons. The average Bonchev–Trinajstić information content (AvgIpc) is 2.63. The highest BCUT2D eigenvalue weighted by Gasteiger charge is 2.24. The van der Waals surface area contributed by atoms with Crippen LogP contribution in [-0.4, -0.2) is 43.7 Å². The summed E-state index contributed by atoms with van der Waals surface area (Å²) < 4.78 is 32.8. The first-order chi connectivity index (χ1) is 12.1. The van der Waals surface area contributed by atoms with Gasteiger partial charge in [0.05, 0.1) is 24.8 Å². The van der Waals surface area contributed by atoms with Crippen LogP contribution in [0, 0.1) is 11.6 Å². The molecule has 1 heterocycles. The SMILES string of the molecule is O=C(NCC(c1cccc(F)c1)N1CCOCC1)c1ccccc1F. The number of rotatable bonds is 5.